The molecule has 0 radical (unpaired) electrons. The molecule has 6 nitrogen and oxygen atoms in total. The standard InChI is InChI=1S/C31H48O6/c1-17(15-31(36,16-24(34)35)26-28(4,5)37-26)18-10-12-29(6)19-8-9-22-27(2,3)23(33)11-13-30(22,7)25(19)21(32)14-20(18)29/h17,19,21-22,25-26,32,36H,8-16H2,1-7H3,(H,34,35)/t17-,19+,21+,22?,25+,26+,29-,30?,31+/m1/s1. The van der Waals surface area contributed by atoms with Gasteiger partial charge in [0, 0.05) is 11.8 Å². The summed E-state index contributed by atoms with van der Waals surface area (Å²) in [5.41, 5.74) is 0.375. The van der Waals surface area contributed by atoms with E-state index in [1.165, 1.54) is 11.1 Å². The third-order valence-corrected chi connectivity index (χ3v) is 12.1. The van der Waals surface area contributed by atoms with Crippen LogP contribution < -0.4 is 0 Å². The number of carbonyl (C=O) groups is 2. The van der Waals surface area contributed by atoms with Crippen molar-refractivity contribution in [1.29, 1.82) is 0 Å². The number of hydrogen-bond donors (Lipinski definition) is 3. The van der Waals surface area contributed by atoms with Gasteiger partial charge in [-0.15, -0.1) is 0 Å². The van der Waals surface area contributed by atoms with Crippen molar-refractivity contribution in [3.05, 3.63) is 11.1 Å². The van der Waals surface area contributed by atoms with Crippen LogP contribution in [0.2, 0.25) is 0 Å². The van der Waals surface area contributed by atoms with Gasteiger partial charge in [0.2, 0.25) is 0 Å². The van der Waals surface area contributed by atoms with Crippen LogP contribution >= 0.6 is 0 Å². The highest BCUT2D eigenvalue weighted by Gasteiger charge is 2.65. The number of carboxylic acid groups (broad SMARTS) is 1. The number of epoxide rings is 1. The van der Waals surface area contributed by atoms with E-state index in [9.17, 15) is 24.9 Å². The highest BCUT2D eigenvalue weighted by molar-refractivity contribution is 5.85. The summed E-state index contributed by atoms with van der Waals surface area (Å²) in [5.74, 6) is 0.252. The van der Waals surface area contributed by atoms with Crippen molar-refractivity contribution in [2.45, 2.75) is 130 Å². The first-order valence-electron chi connectivity index (χ1n) is 14.5. The zero-order valence-electron chi connectivity index (χ0n) is 23.9. The number of allylic oxidation sites excluding steroid dienone is 1. The molecular weight excluding hydrogens is 468 g/mol. The van der Waals surface area contributed by atoms with Crippen LogP contribution in [0.4, 0.5) is 0 Å². The summed E-state index contributed by atoms with van der Waals surface area (Å²) < 4.78 is 5.74. The minimum atomic E-state index is -1.41. The molecule has 4 fully saturated rings. The van der Waals surface area contributed by atoms with E-state index in [4.69, 9.17) is 4.74 Å². The highest BCUT2D eigenvalue weighted by Crippen LogP contribution is 2.69. The van der Waals surface area contributed by atoms with Crippen molar-refractivity contribution < 1.29 is 29.6 Å². The molecule has 1 saturated heterocycles. The Morgan fingerprint density at radius 2 is 1.76 bits per heavy atom. The van der Waals surface area contributed by atoms with Gasteiger partial charge in [0.1, 0.15) is 17.5 Å². The molecule has 0 aromatic heterocycles. The largest absolute Gasteiger partial charge is 0.481 e. The summed E-state index contributed by atoms with van der Waals surface area (Å²) >= 11 is 0. The molecule has 208 valence electrons. The molecule has 1 heterocycles. The normalized spacial score (nSPS) is 44.4. The van der Waals surface area contributed by atoms with E-state index >= 15 is 0 Å². The topological polar surface area (TPSA) is 107 Å². The van der Waals surface area contributed by atoms with Gasteiger partial charge in [0.15, 0.2) is 0 Å². The van der Waals surface area contributed by atoms with Gasteiger partial charge in [0.05, 0.1) is 18.1 Å². The van der Waals surface area contributed by atoms with Crippen LogP contribution in [0, 0.1) is 39.9 Å². The minimum Gasteiger partial charge on any atom is -0.481 e. The lowest BCUT2D eigenvalue weighted by molar-refractivity contribution is -0.176. The van der Waals surface area contributed by atoms with Crippen molar-refractivity contribution >= 4 is 11.8 Å². The molecule has 3 saturated carbocycles. The van der Waals surface area contributed by atoms with Gasteiger partial charge < -0.3 is 20.1 Å². The first kappa shape index (κ1) is 27.3. The summed E-state index contributed by atoms with van der Waals surface area (Å²) in [6, 6.07) is 0. The fraction of sp³-hybridized carbons (Fsp3) is 0.871. The van der Waals surface area contributed by atoms with E-state index in [1.807, 2.05) is 13.8 Å². The molecular formula is C31H48O6. The van der Waals surface area contributed by atoms with Crippen LogP contribution in [0.15, 0.2) is 11.1 Å². The Bertz CT molecular complexity index is 1030. The number of carbonyl (C=O) groups excluding carboxylic acids is 1. The summed E-state index contributed by atoms with van der Waals surface area (Å²) in [7, 11) is 0. The van der Waals surface area contributed by atoms with Crippen LogP contribution in [0.5, 0.6) is 0 Å². The quantitative estimate of drug-likeness (QED) is 0.327. The van der Waals surface area contributed by atoms with E-state index in [2.05, 4.69) is 34.6 Å². The number of rotatable bonds is 6. The van der Waals surface area contributed by atoms with E-state index in [1.54, 1.807) is 0 Å². The molecule has 37 heavy (non-hydrogen) atoms. The number of ketones is 1. The van der Waals surface area contributed by atoms with Gasteiger partial charge >= 0.3 is 5.97 Å². The fourth-order valence-electron chi connectivity index (χ4n) is 10.3. The molecule has 5 aliphatic rings. The summed E-state index contributed by atoms with van der Waals surface area (Å²) in [6.07, 6.45) is 5.28. The van der Waals surface area contributed by atoms with Crippen LogP contribution in [0.25, 0.3) is 0 Å². The number of ether oxygens (including phenoxy) is 1. The number of aliphatic hydroxyl groups is 2. The van der Waals surface area contributed by atoms with Crippen molar-refractivity contribution in [2.75, 3.05) is 0 Å². The number of fused-ring (bicyclic) bond motifs is 5. The van der Waals surface area contributed by atoms with E-state index < -0.39 is 29.4 Å². The van der Waals surface area contributed by atoms with Crippen molar-refractivity contribution in [3.63, 3.8) is 0 Å². The van der Waals surface area contributed by atoms with Crippen LogP contribution in [-0.2, 0) is 14.3 Å². The summed E-state index contributed by atoms with van der Waals surface area (Å²) in [4.78, 5) is 24.5. The monoisotopic (exact) mass is 516 g/mol. The summed E-state index contributed by atoms with van der Waals surface area (Å²) in [5, 5.41) is 32.8. The molecule has 9 atom stereocenters. The first-order chi connectivity index (χ1) is 17.0. The third-order valence-electron chi connectivity index (χ3n) is 12.1. The Labute approximate surface area is 222 Å². The van der Waals surface area contributed by atoms with Gasteiger partial charge in [-0.05, 0) is 93.3 Å². The lowest BCUT2D eigenvalue weighted by atomic mass is 9.40. The highest BCUT2D eigenvalue weighted by atomic mass is 16.6. The molecule has 2 unspecified atom stereocenters. The molecule has 4 aliphatic carbocycles. The maximum absolute atomic E-state index is 12.9. The second kappa shape index (κ2) is 8.38. The lowest BCUT2D eigenvalue weighted by Crippen LogP contribution is -2.61. The molecule has 1 aliphatic heterocycles. The Morgan fingerprint density at radius 3 is 2.35 bits per heavy atom. The molecule has 6 heteroatoms. The van der Waals surface area contributed by atoms with Gasteiger partial charge in [-0.1, -0.05) is 45.8 Å². The van der Waals surface area contributed by atoms with Crippen LogP contribution in [-0.4, -0.2) is 50.5 Å². The van der Waals surface area contributed by atoms with Crippen molar-refractivity contribution in [2.24, 2.45) is 39.9 Å². The fourth-order valence-corrected chi connectivity index (χ4v) is 10.3. The van der Waals surface area contributed by atoms with E-state index in [-0.39, 0.29) is 34.5 Å². The van der Waals surface area contributed by atoms with Crippen LogP contribution in [0.3, 0.4) is 0 Å². The third kappa shape index (κ3) is 3.98. The number of aliphatic carboxylic acids is 1. The van der Waals surface area contributed by atoms with E-state index in [0.29, 0.717) is 36.9 Å². The number of aliphatic hydroxyl groups excluding tert-OH is 1. The average molecular weight is 517 g/mol. The number of hydrogen-bond acceptors (Lipinski definition) is 5. The number of carboxylic acids is 1. The predicted octanol–water partition coefficient (Wildman–Crippen LogP) is 5.29. The molecule has 5 rings (SSSR count). The Morgan fingerprint density at radius 1 is 1.11 bits per heavy atom. The molecule has 0 aromatic rings. The molecule has 0 spiro atoms. The lowest BCUT2D eigenvalue weighted by Gasteiger charge is -2.64. The first-order valence-corrected chi connectivity index (χ1v) is 14.5. The molecule has 0 amide bonds. The maximum Gasteiger partial charge on any atom is 0.306 e. The maximum atomic E-state index is 12.9. The van der Waals surface area contributed by atoms with Gasteiger partial charge in [0.25, 0.3) is 0 Å². The van der Waals surface area contributed by atoms with Crippen LogP contribution in [0.1, 0.15) is 106 Å². The Balaban J connectivity index is 1.44. The van der Waals surface area contributed by atoms with Crippen molar-refractivity contribution in [1.82, 2.24) is 0 Å². The minimum absolute atomic E-state index is 0.00728. The smallest absolute Gasteiger partial charge is 0.306 e. The average Bonchev–Trinajstić information content (AvgIpc) is 3.29. The summed E-state index contributed by atoms with van der Waals surface area (Å²) in [6.45, 7) is 14.9. The number of Topliss-reactive ketones (excluding diaryl/α,β-unsaturated/α-hetero) is 1. The zero-order chi connectivity index (χ0) is 27.3. The predicted molar refractivity (Wildman–Crippen MR) is 141 cm³/mol. The van der Waals surface area contributed by atoms with Crippen molar-refractivity contribution in [3.8, 4) is 0 Å². The Kier molecular flexibility index (Phi) is 6.19. The Hall–Kier alpha value is -1.24. The molecule has 0 bridgehead atoms. The molecule has 3 N–H and O–H groups in total. The second-order valence-corrected chi connectivity index (χ2v) is 15.0. The molecule has 0 aromatic carbocycles. The van der Waals surface area contributed by atoms with Gasteiger partial charge in [-0.2, -0.15) is 0 Å². The van der Waals surface area contributed by atoms with Gasteiger partial charge in [-0.25, -0.2) is 0 Å². The zero-order valence-corrected chi connectivity index (χ0v) is 23.9. The van der Waals surface area contributed by atoms with E-state index in [0.717, 1.165) is 32.1 Å². The SMILES string of the molecule is C[C@H](C[C@](O)(CC(=O)O)[C@H]1OC1(C)C)C1=C2C[C@H](O)[C@@H]3[C@H](CCC4C(C)(C)C(=O)CCC43C)[C@@]2(C)CC1. The van der Waals surface area contributed by atoms with Gasteiger partial charge in [-0.3, -0.25) is 9.59 Å². The second-order valence-electron chi connectivity index (χ2n) is 15.0.